The van der Waals surface area contributed by atoms with Crippen LogP contribution in [0.15, 0.2) is 36.4 Å². The van der Waals surface area contributed by atoms with E-state index in [2.05, 4.69) is 11.6 Å². The average molecular weight is 275 g/mol. The molecule has 2 aromatic rings. The highest BCUT2D eigenvalue weighted by Gasteiger charge is 2.10. The number of benzene rings is 2. The summed E-state index contributed by atoms with van der Waals surface area (Å²) in [6, 6.07) is 11.1. The summed E-state index contributed by atoms with van der Waals surface area (Å²) >= 11 is 1.83. The van der Waals surface area contributed by atoms with E-state index in [0.29, 0.717) is 5.56 Å². The molecule has 0 bridgehead atoms. The highest BCUT2D eigenvalue weighted by molar-refractivity contribution is 7.98. The minimum Gasteiger partial charge on any atom is -0.478 e. The van der Waals surface area contributed by atoms with Crippen molar-refractivity contribution in [2.75, 3.05) is 23.9 Å². The first-order valence-corrected chi connectivity index (χ1v) is 7.61. The summed E-state index contributed by atoms with van der Waals surface area (Å²) in [5.41, 5.74) is 1.35. The molecule has 0 unspecified atom stereocenters. The summed E-state index contributed by atoms with van der Waals surface area (Å²) in [6.45, 7) is 0.900. The zero-order valence-corrected chi connectivity index (χ0v) is 11.7. The van der Waals surface area contributed by atoms with Gasteiger partial charge >= 0.3 is 5.97 Å². The van der Waals surface area contributed by atoms with E-state index < -0.39 is 5.97 Å². The van der Waals surface area contributed by atoms with Gasteiger partial charge in [-0.15, -0.1) is 0 Å². The lowest BCUT2D eigenvalue weighted by Gasteiger charge is -2.11. The standard InChI is InChI=1S/C15H17NO2S/c1-19-10-4-9-16-14-8-7-13(15(17)18)11-5-2-3-6-12(11)14/h2-3,5-8,16H,4,9-10H2,1H3,(H,17,18). The van der Waals surface area contributed by atoms with E-state index in [9.17, 15) is 9.90 Å². The van der Waals surface area contributed by atoms with E-state index in [4.69, 9.17) is 0 Å². The van der Waals surface area contributed by atoms with Crippen molar-refractivity contribution >= 4 is 34.2 Å². The van der Waals surface area contributed by atoms with Crippen LogP contribution >= 0.6 is 11.8 Å². The molecule has 0 amide bonds. The van der Waals surface area contributed by atoms with Crippen LogP contribution in [0.1, 0.15) is 16.8 Å². The van der Waals surface area contributed by atoms with Crippen LogP contribution in [0, 0.1) is 0 Å². The largest absolute Gasteiger partial charge is 0.478 e. The van der Waals surface area contributed by atoms with Gasteiger partial charge in [-0.2, -0.15) is 11.8 Å². The fourth-order valence-corrected chi connectivity index (χ4v) is 2.51. The van der Waals surface area contributed by atoms with Crippen LogP contribution in [0.2, 0.25) is 0 Å². The Balaban J connectivity index is 2.30. The number of carboxylic acid groups (broad SMARTS) is 1. The number of anilines is 1. The fourth-order valence-electron chi connectivity index (χ4n) is 2.08. The maximum absolute atomic E-state index is 11.2. The highest BCUT2D eigenvalue weighted by Crippen LogP contribution is 2.26. The Bertz CT molecular complexity index is 583. The highest BCUT2D eigenvalue weighted by atomic mass is 32.2. The Labute approximate surface area is 117 Å². The van der Waals surface area contributed by atoms with Crippen molar-refractivity contribution in [3.63, 3.8) is 0 Å². The number of carbonyl (C=O) groups is 1. The van der Waals surface area contributed by atoms with Gasteiger partial charge in [-0.3, -0.25) is 0 Å². The third-order valence-corrected chi connectivity index (χ3v) is 3.69. The second-order valence-corrected chi connectivity index (χ2v) is 5.27. The smallest absolute Gasteiger partial charge is 0.336 e. The lowest BCUT2D eigenvalue weighted by molar-refractivity contribution is 0.0699. The molecular weight excluding hydrogens is 258 g/mol. The number of aromatic carboxylic acids is 1. The van der Waals surface area contributed by atoms with E-state index in [1.807, 2.05) is 42.1 Å². The zero-order chi connectivity index (χ0) is 13.7. The Kier molecular flexibility index (Phi) is 4.68. The normalized spacial score (nSPS) is 10.6. The summed E-state index contributed by atoms with van der Waals surface area (Å²) in [5.74, 6) is 0.239. The lowest BCUT2D eigenvalue weighted by atomic mass is 10.0. The van der Waals surface area contributed by atoms with Crippen LogP contribution in [0.4, 0.5) is 5.69 Å². The Morgan fingerprint density at radius 3 is 2.63 bits per heavy atom. The number of rotatable bonds is 6. The number of thioether (sulfide) groups is 1. The molecule has 19 heavy (non-hydrogen) atoms. The van der Waals surface area contributed by atoms with Gasteiger partial charge in [0.15, 0.2) is 0 Å². The maximum atomic E-state index is 11.2. The molecule has 0 aliphatic rings. The van der Waals surface area contributed by atoms with Gasteiger partial charge in [-0.1, -0.05) is 24.3 Å². The predicted octanol–water partition coefficient (Wildman–Crippen LogP) is 3.70. The van der Waals surface area contributed by atoms with Crippen molar-refractivity contribution in [2.45, 2.75) is 6.42 Å². The molecule has 0 atom stereocenters. The van der Waals surface area contributed by atoms with Crippen molar-refractivity contribution in [3.8, 4) is 0 Å². The molecule has 0 saturated carbocycles. The van der Waals surface area contributed by atoms with Crippen LogP contribution in [-0.4, -0.2) is 29.6 Å². The average Bonchev–Trinajstić information content (AvgIpc) is 2.43. The van der Waals surface area contributed by atoms with Gasteiger partial charge in [0.2, 0.25) is 0 Å². The van der Waals surface area contributed by atoms with Crippen molar-refractivity contribution in [1.29, 1.82) is 0 Å². The second kappa shape index (κ2) is 6.48. The molecule has 100 valence electrons. The fraction of sp³-hybridized carbons (Fsp3) is 0.267. The van der Waals surface area contributed by atoms with E-state index in [-0.39, 0.29) is 0 Å². The first-order chi connectivity index (χ1) is 9.24. The van der Waals surface area contributed by atoms with Crippen molar-refractivity contribution < 1.29 is 9.90 Å². The zero-order valence-electron chi connectivity index (χ0n) is 10.8. The van der Waals surface area contributed by atoms with Gasteiger partial charge in [0.1, 0.15) is 0 Å². The number of carboxylic acids is 1. The van der Waals surface area contributed by atoms with E-state index in [1.54, 1.807) is 6.07 Å². The molecule has 0 spiro atoms. The van der Waals surface area contributed by atoms with Crippen LogP contribution < -0.4 is 5.32 Å². The molecule has 0 aromatic heterocycles. The quantitative estimate of drug-likeness (QED) is 0.789. The monoisotopic (exact) mass is 275 g/mol. The Morgan fingerprint density at radius 1 is 1.21 bits per heavy atom. The molecule has 4 heteroatoms. The molecule has 0 heterocycles. The molecule has 0 aliphatic carbocycles. The van der Waals surface area contributed by atoms with Gasteiger partial charge in [-0.05, 0) is 35.9 Å². The van der Waals surface area contributed by atoms with Crippen molar-refractivity contribution in [3.05, 3.63) is 42.0 Å². The maximum Gasteiger partial charge on any atom is 0.336 e. The molecule has 2 rings (SSSR count). The topological polar surface area (TPSA) is 49.3 Å². The van der Waals surface area contributed by atoms with Gasteiger partial charge in [-0.25, -0.2) is 4.79 Å². The predicted molar refractivity (Wildman–Crippen MR) is 82.4 cm³/mol. The van der Waals surface area contributed by atoms with Crippen molar-refractivity contribution in [2.24, 2.45) is 0 Å². The third kappa shape index (κ3) is 3.20. The molecule has 0 saturated heterocycles. The number of fused-ring (bicyclic) bond motifs is 1. The van der Waals surface area contributed by atoms with Gasteiger partial charge in [0.05, 0.1) is 5.56 Å². The minimum absolute atomic E-state index is 0.352. The molecular formula is C15H17NO2S. The second-order valence-electron chi connectivity index (χ2n) is 4.28. The first kappa shape index (κ1) is 13.7. The number of nitrogens with one attached hydrogen (secondary N) is 1. The van der Waals surface area contributed by atoms with Crippen molar-refractivity contribution in [1.82, 2.24) is 0 Å². The molecule has 2 aromatic carbocycles. The van der Waals surface area contributed by atoms with E-state index in [1.165, 1.54) is 0 Å². The Morgan fingerprint density at radius 2 is 1.95 bits per heavy atom. The van der Waals surface area contributed by atoms with Crippen LogP contribution in [0.5, 0.6) is 0 Å². The molecule has 0 aliphatic heterocycles. The SMILES string of the molecule is CSCCCNc1ccc(C(=O)O)c2ccccc12. The first-order valence-electron chi connectivity index (χ1n) is 6.22. The van der Waals surface area contributed by atoms with Crippen LogP contribution in [-0.2, 0) is 0 Å². The summed E-state index contributed by atoms with van der Waals surface area (Å²) in [5, 5.41) is 14.3. The summed E-state index contributed by atoms with van der Waals surface area (Å²) < 4.78 is 0. The summed E-state index contributed by atoms with van der Waals surface area (Å²) in [7, 11) is 0. The van der Waals surface area contributed by atoms with Gasteiger partial charge < -0.3 is 10.4 Å². The number of hydrogen-bond donors (Lipinski definition) is 2. The molecule has 0 fully saturated rings. The molecule has 3 nitrogen and oxygen atoms in total. The van der Waals surface area contributed by atoms with Crippen LogP contribution in [0.25, 0.3) is 10.8 Å². The van der Waals surface area contributed by atoms with Gasteiger partial charge in [0, 0.05) is 17.6 Å². The lowest BCUT2D eigenvalue weighted by Crippen LogP contribution is -2.04. The Hall–Kier alpha value is -1.68. The third-order valence-electron chi connectivity index (χ3n) is 3.00. The summed E-state index contributed by atoms with van der Waals surface area (Å²) in [6.07, 6.45) is 3.19. The van der Waals surface area contributed by atoms with E-state index in [0.717, 1.165) is 35.2 Å². The van der Waals surface area contributed by atoms with Gasteiger partial charge in [0.25, 0.3) is 0 Å². The minimum atomic E-state index is -0.884. The molecule has 2 N–H and O–H groups in total. The summed E-state index contributed by atoms with van der Waals surface area (Å²) in [4.78, 5) is 11.2. The molecule has 0 radical (unpaired) electrons. The van der Waals surface area contributed by atoms with E-state index >= 15 is 0 Å². The van der Waals surface area contributed by atoms with Crippen LogP contribution in [0.3, 0.4) is 0 Å². The number of hydrogen-bond acceptors (Lipinski definition) is 3.